The molecule has 0 aliphatic heterocycles. The molecule has 0 fully saturated rings. The third-order valence-corrected chi connectivity index (χ3v) is 5.83. The maximum absolute atomic E-state index is 12.8. The van der Waals surface area contributed by atoms with E-state index in [1.807, 2.05) is 48.5 Å². The SMILES string of the molecule is CC(C)Cn1ccc2cc(NC(=O)Cn3c(CS(C)(=O)=O)nc4ccccc43)ccc21. The molecule has 1 amide bonds. The Labute approximate surface area is 181 Å². The lowest BCUT2D eigenvalue weighted by Gasteiger charge is -2.11. The molecule has 7 nitrogen and oxygen atoms in total. The summed E-state index contributed by atoms with van der Waals surface area (Å²) < 4.78 is 27.6. The van der Waals surface area contributed by atoms with E-state index in [0.29, 0.717) is 22.9 Å². The molecular formula is C23H26N4O3S. The molecule has 0 bridgehead atoms. The second-order valence-electron chi connectivity index (χ2n) is 8.36. The first kappa shape index (κ1) is 21.1. The van der Waals surface area contributed by atoms with Gasteiger partial charge in [-0.1, -0.05) is 26.0 Å². The van der Waals surface area contributed by atoms with Crippen LogP contribution in [0.25, 0.3) is 21.9 Å². The van der Waals surface area contributed by atoms with Crippen molar-refractivity contribution in [3.05, 3.63) is 60.6 Å². The van der Waals surface area contributed by atoms with Crippen molar-refractivity contribution in [2.45, 2.75) is 32.7 Å². The van der Waals surface area contributed by atoms with Crippen LogP contribution in [0.3, 0.4) is 0 Å². The second kappa shape index (κ2) is 8.19. The average molecular weight is 439 g/mol. The minimum atomic E-state index is -3.29. The van der Waals surface area contributed by atoms with Crippen LogP contribution in [0, 0.1) is 5.92 Å². The number of anilines is 1. The van der Waals surface area contributed by atoms with Gasteiger partial charge in [0.25, 0.3) is 0 Å². The lowest BCUT2D eigenvalue weighted by molar-refractivity contribution is -0.116. The Morgan fingerprint density at radius 1 is 1.10 bits per heavy atom. The van der Waals surface area contributed by atoms with Gasteiger partial charge in [0, 0.05) is 35.6 Å². The predicted molar refractivity (Wildman–Crippen MR) is 124 cm³/mol. The van der Waals surface area contributed by atoms with Gasteiger partial charge < -0.3 is 14.5 Å². The van der Waals surface area contributed by atoms with E-state index in [0.717, 1.165) is 29.2 Å². The van der Waals surface area contributed by atoms with Crippen molar-refractivity contribution in [2.24, 2.45) is 5.92 Å². The number of carbonyl (C=O) groups excluding carboxylic acids is 1. The fourth-order valence-electron chi connectivity index (χ4n) is 3.82. The third-order valence-electron chi connectivity index (χ3n) is 5.04. The zero-order valence-electron chi connectivity index (χ0n) is 17.9. The number of imidazole rings is 1. The van der Waals surface area contributed by atoms with Gasteiger partial charge in [0.15, 0.2) is 9.84 Å². The lowest BCUT2D eigenvalue weighted by Crippen LogP contribution is -2.21. The van der Waals surface area contributed by atoms with Gasteiger partial charge in [-0.25, -0.2) is 13.4 Å². The van der Waals surface area contributed by atoms with E-state index in [1.165, 1.54) is 0 Å². The van der Waals surface area contributed by atoms with E-state index < -0.39 is 9.84 Å². The summed E-state index contributed by atoms with van der Waals surface area (Å²) in [5.74, 6) is 0.449. The summed E-state index contributed by atoms with van der Waals surface area (Å²) in [6, 6.07) is 15.2. The van der Waals surface area contributed by atoms with Gasteiger partial charge in [0.05, 0.1) is 11.0 Å². The second-order valence-corrected chi connectivity index (χ2v) is 10.5. The van der Waals surface area contributed by atoms with E-state index in [1.54, 1.807) is 4.57 Å². The van der Waals surface area contributed by atoms with E-state index in [9.17, 15) is 13.2 Å². The summed E-state index contributed by atoms with van der Waals surface area (Å²) in [7, 11) is -3.29. The molecule has 4 aromatic rings. The maximum atomic E-state index is 12.8. The molecule has 8 heteroatoms. The Morgan fingerprint density at radius 2 is 1.87 bits per heavy atom. The molecule has 4 rings (SSSR count). The Balaban J connectivity index is 1.57. The normalized spacial score (nSPS) is 12.1. The molecule has 0 atom stereocenters. The summed E-state index contributed by atoms with van der Waals surface area (Å²) in [6.45, 7) is 5.28. The highest BCUT2D eigenvalue weighted by molar-refractivity contribution is 7.89. The molecule has 2 heterocycles. The van der Waals surface area contributed by atoms with Crippen LogP contribution in [0.15, 0.2) is 54.7 Å². The van der Waals surface area contributed by atoms with Gasteiger partial charge in [-0.15, -0.1) is 0 Å². The number of fused-ring (bicyclic) bond motifs is 2. The van der Waals surface area contributed by atoms with Gasteiger partial charge in [0.2, 0.25) is 5.91 Å². The van der Waals surface area contributed by atoms with Crippen LogP contribution in [-0.4, -0.2) is 34.7 Å². The summed E-state index contributed by atoms with van der Waals surface area (Å²) in [5.41, 5.74) is 3.23. The number of sulfone groups is 1. The zero-order chi connectivity index (χ0) is 22.2. The molecule has 0 radical (unpaired) electrons. The number of hydrogen-bond acceptors (Lipinski definition) is 4. The number of benzene rings is 2. The minimum Gasteiger partial charge on any atom is -0.347 e. The maximum Gasteiger partial charge on any atom is 0.244 e. The highest BCUT2D eigenvalue weighted by atomic mass is 32.2. The summed E-state index contributed by atoms with van der Waals surface area (Å²) in [6.07, 6.45) is 3.22. The molecule has 162 valence electrons. The van der Waals surface area contributed by atoms with Gasteiger partial charge >= 0.3 is 0 Å². The fourth-order valence-corrected chi connectivity index (χ4v) is 4.51. The standard InChI is InChI=1S/C23H26N4O3S/c1-16(2)13-26-11-10-17-12-18(8-9-20(17)26)24-23(28)14-27-21-7-5-4-6-19(21)25-22(27)15-31(3,29)30/h4-12,16H,13-15H2,1-3H3,(H,24,28). The Morgan fingerprint density at radius 3 is 2.61 bits per heavy atom. The molecule has 0 aliphatic carbocycles. The Kier molecular flexibility index (Phi) is 5.58. The van der Waals surface area contributed by atoms with Gasteiger partial charge in [-0.2, -0.15) is 0 Å². The first-order chi connectivity index (χ1) is 14.7. The topological polar surface area (TPSA) is 86.0 Å². The van der Waals surface area contributed by atoms with Crippen molar-refractivity contribution < 1.29 is 13.2 Å². The summed E-state index contributed by atoms with van der Waals surface area (Å²) in [5, 5.41) is 3.99. The van der Waals surface area contributed by atoms with Crippen molar-refractivity contribution in [3.63, 3.8) is 0 Å². The van der Waals surface area contributed by atoms with Crippen LogP contribution >= 0.6 is 0 Å². The van der Waals surface area contributed by atoms with Crippen LogP contribution in [-0.2, 0) is 33.5 Å². The lowest BCUT2D eigenvalue weighted by atomic mass is 10.2. The number of nitrogens with one attached hydrogen (secondary N) is 1. The largest absolute Gasteiger partial charge is 0.347 e. The number of hydrogen-bond donors (Lipinski definition) is 1. The minimum absolute atomic E-state index is 0.0161. The van der Waals surface area contributed by atoms with Crippen LogP contribution < -0.4 is 5.32 Å². The van der Waals surface area contributed by atoms with E-state index >= 15 is 0 Å². The van der Waals surface area contributed by atoms with Gasteiger partial charge in [-0.3, -0.25) is 4.79 Å². The number of carbonyl (C=O) groups is 1. The predicted octanol–water partition coefficient (Wildman–Crippen LogP) is 3.83. The Hall–Kier alpha value is -3.13. The molecular weight excluding hydrogens is 412 g/mol. The molecule has 0 saturated heterocycles. The van der Waals surface area contributed by atoms with Gasteiger partial charge in [0.1, 0.15) is 18.1 Å². The number of aromatic nitrogens is 3. The first-order valence-electron chi connectivity index (χ1n) is 10.2. The molecule has 2 aromatic heterocycles. The van der Waals surface area contributed by atoms with E-state index in [4.69, 9.17) is 0 Å². The van der Waals surface area contributed by atoms with Crippen molar-refractivity contribution in [3.8, 4) is 0 Å². The van der Waals surface area contributed by atoms with Crippen molar-refractivity contribution in [2.75, 3.05) is 11.6 Å². The quantitative estimate of drug-likeness (QED) is 0.475. The molecule has 0 aliphatic rings. The number of para-hydroxylation sites is 2. The molecule has 1 N–H and O–H groups in total. The van der Waals surface area contributed by atoms with Crippen LogP contribution in [0.5, 0.6) is 0 Å². The van der Waals surface area contributed by atoms with Crippen molar-refractivity contribution in [1.82, 2.24) is 14.1 Å². The highest BCUT2D eigenvalue weighted by Crippen LogP contribution is 2.22. The average Bonchev–Trinajstić information content (AvgIpc) is 3.21. The summed E-state index contributed by atoms with van der Waals surface area (Å²) in [4.78, 5) is 17.2. The monoisotopic (exact) mass is 438 g/mol. The molecule has 2 aromatic carbocycles. The van der Waals surface area contributed by atoms with Gasteiger partial charge in [-0.05, 0) is 42.3 Å². The van der Waals surface area contributed by atoms with Crippen LogP contribution in [0.1, 0.15) is 19.7 Å². The van der Waals surface area contributed by atoms with Crippen LogP contribution in [0.4, 0.5) is 5.69 Å². The van der Waals surface area contributed by atoms with E-state index in [-0.39, 0.29) is 18.2 Å². The molecule has 31 heavy (non-hydrogen) atoms. The molecule has 0 unspecified atom stereocenters. The number of rotatable bonds is 7. The zero-order valence-corrected chi connectivity index (χ0v) is 18.7. The molecule has 0 spiro atoms. The third kappa shape index (κ3) is 4.80. The van der Waals surface area contributed by atoms with Crippen LogP contribution in [0.2, 0.25) is 0 Å². The van der Waals surface area contributed by atoms with Crippen molar-refractivity contribution >= 4 is 43.4 Å². The Bertz CT molecular complexity index is 1370. The number of nitrogens with zero attached hydrogens (tertiary/aromatic N) is 3. The van der Waals surface area contributed by atoms with Crippen molar-refractivity contribution in [1.29, 1.82) is 0 Å². The first-order valence-corrected chi connectivity index (χ1v) is 12.3. The number of amides is 1. The molecule has 0 saturated carbocycles. The smallest absolute Gasteiger partial charge is 0.244 e. The highest BCUT2D eigenvalue weighted by Gasteiger charge is 2.17. The fraction of sp³-hybridized carbons (Fsp3) is 0.304. The summed E-state index contributed by atoms with van der Waals surface area (Å²) >= 11 is 0. The van der Waals surface area contributed by atoms with E-state index in [2.05, 4.69) is 34.9 Å².